The van der Waals surface area contributed by atoms with Gasteiger partial charge in [0.25, 0.3) is 0 Å². The van der Waals surface area contributed by atoms with Gasteiger partial charge in [0.15, 0.2) is 5.78 Å². The van der Waals surface area contributed by atoms with E-state index in [0.717, 1.165) is 11.4 Å². The van der Waals surface area contributed by atoms with Gasteiger partial charge in [0.05, 0.1) is 12.3 Å². The van der Waals surface area contributed by atoms with Gasteiger partial charge >= 0.3 is 0 Å². The molecule has 0 aliphatic carbocycles. The number of ketones is 1. The number of aromatic nitrogens is 4. The number of anilines is 2. The molecule has 8 nitrogen and oxygen atoms in total. The first-order chi connectivity index (χ1) is 12.6. The Balaban J connectivity index is 1.76. The average Bonchev–Trinajstić information content (AvgIpc) is 2.91. The van der Waals surface area contributed by atoms with E-state index in [-0.39, 0.29) is 18.3 Å². The number of carbonyl (C=O) groups excluding carboxylic acids is 1. The van der Waals surface area contributed by atoms with Gasteiger partial charge in [-0.25, -0.2) is 4.68 Å². The molecule has 0 saturated carbocycles. The van der Waals surface area contributed by atoms with Crippen LogP contribution in [0.2, 0.25) is 0 Å². The number of hydrogen-bond acceptors (Lipinski definition) is 7. The van der Waals surface area contributed by atoms with Gasteiger partial charge in [-0.2, -0.15) is 4.68 Å². The van der Waals surface area contributed by atoms with Crippen LogP contribution in [0.4, 0.5) is 11.6 Å². The molecule has 3 aromatic rings. The first-order valence-corrected chi connectivity index (χ1v) is 8.37. The standard InChI is InChI=1S/C17H18N6O2S/c1-2-25-14-5-3-12(4-6-14)15(24)11-22-17(26)23(16(18)21-22)20-13-7-9-19-10-8-13/h3-10H,2,11H2,1H3,(H2,18,21)(H,19,20). The Bertz CT molecular complexity index is 950. The molecule has 0 spiro atoms. The molecule has 3 N–H and O–H groups in total. The average molecular weight is 370 g/mol. The van der Waals surface area contributed by atoms with Crippen molar-refractivity contribution < 1.29 is 9.53 Å². The summed E-state index contributed by atoms with van der Waals surface area (Å²) in [5.41, 5.74) is 10.2. The molecule has 0 atom stereocenters. The maximum absolute atomic E-state index is 12.5. The summed E-state index contributed by atoms with van der Waals surface area (Å²) in [5.74, 6) is 0.750. The van der Waals surface area contributed by atoms with Gasteiger partial charge in [-0.05, 0) is 55.5 Å². The number of nitrogens with two attached hydrogens (primary N) is 1. The fourth-order valence-electron chi connectivity index (χ4n) is 2.32. The quantitative estimate of drug-likeness (QED) is 0.487. The zero-order valence-electron chi connectivity index (χ0n) is 14.1. The van der Waals surface area contributed by atoms with Crippen LogP contribution in [0.1, 0.15) is 17.3 Å². The third-order valence-corrected chi connectivity index (χ3v) is 3.96. The van der Waals surface area contributed by atoms with E-state index in [9.17, 15) is 4.79 Å². The SMILES string of the molecule is CCOc1ccc(C(=O)Cn2nc(N)n(Nc3ccncc3)c2=S)cc1. The summed E-state index contributed by atoms with van der Waals surface area (Å²) in [5, 5.41) is 4.15. The second kappa shape index (κ2) is 7.79. The van der Waals surface area contributed by atoms with Crippen LogP contribution in [0.5, 0.6) is 5.75 Å². The third kappa shape index (κ3) is 3.89. The second-order valence-electron chi connectivity index (χ2n) is 5.36. The molecule has 0 aliphatic heterocycles. The maximum Gasteiger partial charge on any atom is 0.240 e. The van der Waals surface area contributed by atoms with Crippen molar-refractivity contribution in [3.8, 4) is 5.75 Å². The van der Waals surface area contributed by atoms with E-state index in [1.807, 2.05) is 6.92 Å². The van der Waals surface area contributed by atoms with E-state index in [1.54, 1.807) is 48.8 Å². The minimum Gasteiger partial charge on any atom is -0.494 e. The number of pyridine rings is 1. The van der Waals surface area contributed by atoms with Crippen molar-refractivity contribution in [3.63, 3.8) is 0 Å². The monoisotopic (exact) mass is 370 g/mol. The first kappa shape index (κ1) is 17.6. The molecule has 0 unspecified atom stereocenters. The van der Waals surface area contributed by atoms with Crippen LogP contribution in [0, 0.1) is 4.77 Å². The van der Waals surface area contributed by atoms with Gasteiger partial charge in [0.2, 0.25) is 10.7 Å². The van der Waals surface area contributed by atoms with E-state index in [2.05, 4.69) is 15.5 Å². The van der Waals surface area contributed by atoms with Gasteiger partial charge in [-0.15, -0.1) is 5.10 Å². The zero-order valence-corrected chi connectivity index (χ0v) is 14.9. The van der Waals surface area contributed by atoms with Gasteiger partial charge in [0.1, 0.15) is 12.3 Å². The zero-order chi connectivity index (χ0) is 18.5. The number of rotatable bonds is 7. The Kier molecular flexibility index (Phi) is 5.28. The highest BCUT2D eigenvalue weighted by Crippen LogP contribution is 2.14. The van der Waals surface area contributed by atoms with Crippen molar-refractivity contribution in [1.82, 2.24) is 19.4 Å². The van der Waals surface area contributed by atoms with Crippen molar-refractivity contribution in [3.05, 3.63) is 59.1 Å². The molecule has 2 heterocycles. The van der Waals surface area contributed by atoms with E-state index >= 15 is 0 Å². The summed E-state index contributed by atoms with van der Waals surface area (Å²) < 4.78 is 8.49. The summed E-state index contributed by atoms with van der Waals surface area (Å²) in [4.78, 5) is 16.4. The number of benzene rings is 1. The molecule has 0 fully saturated rings. The lowest BCUT2D eigenvalue weighted by Crippen LogP contribution is -2.14. The highest BCUT2D eigenvalue weighted by Gasteiger charge is 2.13. The van der Waals surface area contributed by atoms with Gasteiger partial charge < -0.3 is 10.5 Å². The fourth-order valence-corrected chi connectivity index (χ4v) is 2.56. The Labute approximate surface area is 155 Å². The predicted octanol–water partition coefficient (Wildman–Crippen LogP) is 2.55. The highest BCUT2D eigenvalue weighted by atomic mass is 32.1. The summed E-state index contributed by atoms with van der Waals surface area (Å²) >= 11 is 5.37. The van der Waals surface area contributed by atoms with E-state index in [0.29, 0.717) is 16.9 Å². The number of nitrogens with zero attached hydrogens (tertiary/aromatic N) is 4. The molecule has 9 heteroatoms. The van der Waals surface area contributed by atoms with Crippen LogP contribution in [-0.2, 0) is 6.54 Å². The Morgan fingerprint density at radius 1 is 1.23 bits per heavy atom. The minimum absolute atomic E-state index is 0.0119. The van der Waals surface area contributed by atoms with Crippen LogP contribution < -0.4 is 15.9 Å². The van der Waals surface area contributed by atoms with Crippen molar-refractivity contribution in [2.45, 2.75) is 13.5 Å². The molecule has 134 valence electrons. The number of carbonyl (C=O) groups is 1. The summed E-state index contributed by atoms with van der Waals surface area (Å²) in [6, 6.07) is 10.5. The van der Waals surface area contributed by atoms with Gasteiger partial charge in [-0.1, -0.05) is 0 Å². The van der Waals surface area contributed by atoms with E-state index < -0.39 is 0 Å². The maximum atomic E-state index is 12.5. The number of Topliss-reactive ketones (excluding diaryl/α,β-unsaturated/α-hetero) is 1. The molecule has 0 amide bonds. The molecule has 0 radical (unpaired) electrons. The topological polar surface area (TPSA) is 100.0 Å². The molecule has 0 bridgehead atoms. The number of ether oxygens (including phenoxy) is 1. The first-order valence-electron chi connectivity index (χ1n) is 7.97. The predicted molar refractivity (Wildman–Crippen MR) is 101 cm³/mol. The molecule has 0 saturated heterocycles. The van der Waals surface area contributed by atoms with Crippen LogP contribution in [0.3, 0.4) is 0 Å². The van der Waals surface area contributed by atoms with Crippen LogP contribution >= 0.6 is 12.2 Å². The van der Waals surface area contributed by atoms with Crippen LogP contribution in [0.25, 0.3) is 0 Å². The molecule has 1 aromatic carbocycles. The number of nitrogen functional groups attached to an aromatic ring is 1. The molecule has 26 heavy (non-hydrogen) atoms. The smallest absolute Gasteiger partial charge is 0.240 e. The number of hydrogen-bond donors (Lipinski definition) is 2. The van der Waals surface area contributed by atoms with Crippen LogP contribution in [0.15, 0.2) is 48.8 Å². The molecular weight excluding hydrogens is 352 g/mol. The molecule has 2 aromatic heterocycles. The lowest BCUT2D eigenvalue weighted by molar-refractivity contribution is 0.0967. The Hall–Kier alpha value is -3.20. The normalized spacial score (nSPS) is 10.5. The van der Waals surface area contributed by atoms with Crippen molar-refractivity contribution in [1.29, 1.82) is 0 Å². The lowest BCUT2D eigenvalue weighted by Gasteiger charge is -2.07. The summed E-state index contributed by atoms with van der Waals surface area (Å²) in [6.45, 7) is 2.47. The van der Waals surface area contributed by atoms with Crippen molar-refractivity contribution in [2.75, 3.05) is 17.8 Å². The highest BCUT2D eigenvalue weighted by molar-refractivity contribution is 7.71. The second-order valence-corrected chi connectivity index (χ2v) is 5.73. The Morgan fingerprint density at radius 3 is 2.58 bits per heavy atom. The van der Waals surface area contributed by atoms with Gasteiger partial charge in [0, 0.05) is 18.0 Å². The lowest BCUT2D eigenvalue weighted by atomic mass is 10.1. The summed E-state index contributed by atoms with van der Waals surface area (Å²) in [6.07, 6.45) is 3.28. The third-order valence-electron chi connectivity index (χ3n) is 3.57. The Morgan fingerprint density at radius 2 is 1.92 bits per heavy atom. The minimum atomic E-state index is -0.127. The summed E-state index contributed by atoms with van der Waals surface area (Å²) in [7, 11) is 0. The fraction of sp³-hybridized carbons (Fsp3) is 0.176. The van der Waals surface area contributed by atoms with Crippen molar-refractivity contribution in [2.24, 2.45) is 0 Å². The molecule has 0 aliphatic rings. The van der Waals surface area contributed by atoms with Gasteiger partial charge in [-0.3, -0.25) is 15.2 Å². The molecule has 3 rings (SSSR count). The van der Waals surface area contributed by atoms with Crippen molar-refractivity contribution >= 4 is 29.6 Å². The largest absolute Gasteiger partial charge is 0.494 e. The van der Waals surface area contributed by atoms with E-state index in [1.165, 1.54) is 9.36 Å². The number of nitrogens with one attached hydrogen (secondary N) is 1. The van der Waals surface area contributed by atoms with E-state index in [4.69, 9.17) is 22.7 Å². The van der Waals surface area contributed by atoms with Crippen LogP contribution in [-0.4, -0.2) is 31.8 Å². The molecular formula is C17H18N6O2S.